The van der Waals surface area contributed by atoms with Crippen LogP contribution in [0.2, 0.25) is 0 Å². The summed E-state index contributed by atoms with van der Waals surface area (Å²) in [6.45, 7) is 2.62. The summed E-state index contributed by atoms with van der Waals surface area (Å²) in [5.41, 5.74) is 5.71. The van der Waals surface area contributed by atoms with Gasteiger partial charge in [-0.05, 0) is 19.8 Å². The highest BCUT2D eigenvalue weighted by atomic mass is 16.1. The zero-order valence-corrected chi connectivity index (χ0v) is 9.96. The van der Waals surface area contributed by atoms with Gasteiger partial charge in [-0.3, -0.25) is 4.79 Å². The maximum absolute atomic E-state index is 11.1. The van der Waals surface area contributed by atoms with Crippen LogP contribution >= 0.6 is 0 Å². The molecule has 1 amide bonds. The molecule has 1 aliphatic carbocycles. The maximum atomic E-state index is 11.1. The summed E-state index contributed by atoms with van der Waals surface area (Å²) in [5.74, 6) is 0.300. The zero-order chi connectivity index (χ0) is 11.8. The monoisotopic (exact) mass is 226 g/mol. The summed E-state index contributed by atoms with van der Waals surface area (Å²) in [7, 11) is 0. The quantitative estimate of drug-likeness (QED) is 0.478. The average molecular weight is 226 g/mol. The van der Waals surface area contributed by atoms with Crippen molar-refractivity contribution in [2.45, 2.75) is 45.1 Å². The summed E-state index contributed by atoms with van der Waals surface area (Å²) in [5, 5.41) is 5.84. The van der Waals surface area contributed by atoms with Gasteiger partial charge in [-0.15, -0.1) is 0 Å². The summed E-state index contributed by atoms with van der Waals surface area (Å²) in [6, 6.07) is 0.437. The first kappa shape index (κ1) is 12.8. The van der Waals surface area contributed by atoms with E-state index in [1.165, 1.54) is 19.3 Å². The largest absolute Gasteiger partial charge is 0.370 e. The molecule has 0 aromatic rings. The van der Waals surface area contributed by atoms with Gasteiger partial charge in [-0.1, -0.05) is 19.3 Å². The first-order chi connectivity index (χ1) is 7.72. The normalized spacial score (nSPS) is 18.2. The van der Waals surface area contributed by atoms with Gasteiger partial charge in [0.05, 0.1) is 0 Å². The van der Waals surface area contributed by atoms with Crippen LogP contribution in [0.5, 0.6) is 0 Å². The van der Waals surface area contributed by atoms with Crippen LogP contribution in [0.4, 0.5) is 0 Å². The first-order valence-electron chi connectivity index (χ1n) is 6.05. The molecule has 5 heteroatoms. The zero-order valence-electron chi connectivity index (χ0n) is 9.96. The number of aliphatic imine (C=N–C) groups is 1. The molecular weight excluding hydrogens is 204 g/mol. The van der Waals surface area contributed by atoms with E-state index in [9.17, 15) is 4.79 Å². The lowest BCUT2D eigenvalue weighted by molar-refractivity contribution is -0.119. The molecule has 1 aliphatic rings. The standard InChI is InChI=1S/C11H22N4O/c1-2-13-10(16)8-14-11(12)15-9-6-4-3-5-7-9/h9H,2-8H2,1H3,(H,13,16)(H3,12,14,15). The third kappa shape index (κ3) is 5.00. The number of nitrogens with two attached hydrogens (primary N) is 1. The Bertz CT molecular complexity index is 246. The molecule has 0 radical (unpaired) electrons. The van der Waals surface area contributed by atoms with Crippen molar-refractivity contribution in [3.8, 4) is 0 Å². The van der Waals surface area contributed by atoms with Gasteiger partial charge >= 0.3 is 0 Å². The van der Waals surface area contributed by atoms with Crippen LogP contribution < -0.4 is 16.4 Å². The smallest absolute Gasteiger partial charge is 0.241 e. The number of hydrogen-bond acceptors (Lipinski definition) is 2. The minimum atomic E-state index is -0.0871. The second kappa shape index (κ2) is 7.09. The van der Waals surface area contributed by atoms with Gasteiger partial charge in [0.2, 0.25) is 5.91 Å². The number of carbonyl (C=O) groups is 1. The molecule has 0 saturated heterocycles. The molecule has 16 heavy (non-hydrogen) atoms. The Hall–Kier alpha value is -1.26. The molecule has 0 aromatic heterocycles. The fourth-order valence-corrected chi connectivity index (χ4v) is 1.91. The van der Waals surface area contributed by atoms with Crippen molar-refractivity contribution in [3.05, 3.63) is 0 Å². The van der Waals surface area contributed by atoms with Crippen molar-refractivity contribution in [1.29, 1.82) is 0 Å². The minimum absolute atomic E-state index is 0.0871. The van der Waals surface area contributed by atoms with Crippen molar-refractivity contribution in [3.63, 3.8) is 0 Å². The molecule has 0 aromatic carbocycles. The highest BCUT2D eigenvalue weighted by Crippen LogP contribution is 2.16. The number of guanidine groups is 1. The highest BCUT2D eigenvalue weighted by Gasteiger charge is 2.13. The van der Waals surface area contributed by atoms with Gasteiger partial charge in [-0.2, -0.15) is 0 Å². The number of likely N-dealkylation sites (N-methyl/N-ethyl adjacent to an activating group) is 1. The van der Waals surface area contributed by atoms with Gasteiger partial charge in [0, 0.05) is 12.6 Å². The lowest BCUT2D eigenvalue weighted by atomic mass is 9.96. The van der Waals surface area contributed by atoms with Crippen molar-refractivity contribution in [1.82, 2.24) is 10.6 Å². The fraction of sp³-hybridized carbons (Fsp3) is 0.818. The molecule has 0 unspecified atom stereocenters. The van der Waals surface area contributed by atoms with E-state index in [0.717, 1.165) is 12.8 Å². The van der Waals surface area contributed by atoms with Crippen LogP contribution in [0, 0.1) is 0 Å². The van der Waals surface area contributed by atoms with E-state index in [0.29, 0.717) is 18.5 Å². The van der Waals surface area contributed by atoms with Crippen LogP contribution in [0.1, 0.15) is 39.0 Å². The molecule has 0 atom stereocenters. The van der Waals surface area contributed by atoms with Crippen molar-refractivity contribution in [2.75, 3.05) is 13.1 Å². The highest BCUT2D eigenvalue weighted by molar-refractivity contribution is 5.84. The molecule has 92 valence electrons. The van der Waals surface area contributed by atoms with Gasteiger partial charge in [0.25, 0.3) is 0 Å². The first-order valence-corrected chi connectivity index (χ1v) is 6.05. The lowest BCUT2D eigenvalue weighted by Crippen LogP contribution is -2.41. The van der Waals surface area contributed by atoms with Crippen LogP contribution in [0.3, 0.4) is 0 Å². The molecule has 0 aliphatic heterocycles. The topological polar surface area (TPSA) is 79.5 Å². The number of amides is 1. The van der Waals surface area contributed by atoms with Crippen LogP contribution in [0.25, 0.3) is 0 Å². The van der Waals surface area contributed by atoms with Crippen LogP contribution in [0.15, 0.2) is 4.99 Å². The molecule has 1 saturated carbocycles. The fourth-order valence-electron chi connectivity index (χ4n) is 1.91. The van der Waals surface area contributed by atoms with Gasteiger partial charge < -0.3 is 16.4 Å². The van der Waals surface area contributed by atoms with E-state index in [1.54, 1.807) is 0 Å². The Morgan fingerprint density at radius 3 is 2.69 bits per heavy atom. The summed E-state index contributed by atoms with van der Waals surface area (Å²) < 4.78 is 0. The maximum Gasteiger partial charge on any atom is 0.241 e. The van der Waals surface area contributed by atoms with Crippen LogP contribution in [-0.2, 0) is 4.79 Å². The number of rotatable bonds is 4. The third-order valence-electron chi connectivity index (χ3n) is 2.72. The Balaban J connectivity index is 2.24. The molecule has 0 heterocycles. The molecule has 0 bridgehead atoms. The summed E-state index contributed by atoms with van der Waals surface area (Å²) in [4.78, 5) is 15.1. The Kier molecular flexibility index (Phi) is 5.67. The second-order valence-electron chi connectivity index (χ2n) is 4.13. The average Bonchev–Trinajstić information content (AvgIpc) is 2.28. The van der Waals surface area contributed by atoms with Gasteiger partial charge in [-0.25, -0.2) is 4.99 Å². The molecule has 5 nitrogen and oxygen atoms in total. The number of carbonyl (C=O) groups excluding carboxylic acids is 1. The van der Waals surface area contributed by atoms with Gasteiger partial charge in [0.1, 0.15) is 6.54 Å². The molecule has 1 fully saturated rings. The van der Waals surface area contributed by atoms with Crippen molar-refractivity contribution < 1.29 is 4.79 Å². The molecule has 0 spiro atoms. The molecule has 1 rings (SSSR count). The van der Waals surface area contributed by atoms with Crippen molar-refractivity contribution >= 4 is 11.9 Å². The molecule has 4 N–H and O–H groups in total. The van der Waals surface area contributed by atoms with E-state index >= 15 is 0 Å². The minimum Gasteiger partial charge on any atom is -0.370 e. The van der Waals surface area contributed by atoms with E-state index in [1.807, 2.05) is 6.92 Å². The predicted molar refractivity (Wildman–Crippen MR) is 65.2 cm³/mol. The molecular formula is C11H22N4O. The van der Waals surface area contributed by atoms with E-state index < -0.39 is 0 Å². The van der Waals surface area contributed by atoms with Crippen molar-refractivity contribution in [2.24, 2.45) is 10.7 Å². The Morgan fingerprint density at radius 1 is 1.38 bits per heavy atom. The Morgan fingerprint density at radius 2 is 2.06 bits per heavy atom. The van der Waals surface area contributed by atoms with E-state index in [2.05, 4.69) is 15.6 Å². The predicted octanol–water partition coefficient (Wildman–Crippen LogP) is 0.360. The third-order valence-corrected chi connectivity index (χ3v) is 2.72. The second-order valence-corrected chi connectivity index (χ2v) is 4.13. The summed E-state index contributed by atoms with van der Waals surface area (Å²) in [6.07, 6.45) is 6.12. The number of hydrogen-bond donors (Lipinski definition) is 3. The number of nitrogens with one attached hydrogen (secondary N) is 2. The van der Waals surface area contributed by atoms with E-state index in [-0.39, 0.29) is 12.5 Å². The number of nitrogens with zero attached hydrogens (tertiary/aromatic N) is 1. The lowest BCUT2D eigenvalue weighted by Gasteiger charge is -2.23. The van der Waals surface area contributed by atoms with E-state index in [4.69, 9.17) is 5.73 Å². The SMILES string of the molecule is CCNC(=O)CN=C(N)NC1CCCCC1. The summed E-state index contributed by atoms with van der Waals surface area (Å²) >= 11 is 0. The van der Waals surface area contributed by atoms with Gasteiger partial charge in [0.15, 0.2) is 5.96 Å². The van der Waals surface area contributed by atoms with Crippen LogP contribution in [-0.4, -0.2) is 31.0 Å². The Labute approximate surface area is 96.9 Å².